The summed E-state index contributed by atoms with van der Waals surface area (Å²) in [7, 11) is -3.05. The third-order valence-corrected chi connectivity index (χ3v) is 10.1. The minimum absolute atomic E-state index is 0.0558. The zero-order valence-corrected chi connectivity index (χ0v) is 20.8. The normalized spacial score (nSPS) is 24.1. The Morgan fingerprint density at radius 3 is 2.26 bits per heavy atom. The highest BCUT2D eigenvalue weighted by atomic mass is 32.2. The number of urea groups is 1. The van der Waals surface area contributed by atoms with Gasteiger partial charge >= 0.3 is 6.03 Å². The number of sulfone groups is 1. The number of nitrogens with one attached hydrogen (secondary N) is 1. The summed E-state index contributed by atoms with van der Waals surface area (Å²) in [4.78, 5) is 21.0. The predicted octanol–water partition coefficient (Wildman–Crippen LogP) is 5.92. The monoisotopic (exact) mass is 469 g/mol. The lowest BCUT2D eigenvalue weighted by Gasteiger charge is -2.39. The molecule has 3 rings (SSSR count). The number of hydrogen-bond donors (Lipinski definition) is 1. The molecule has 0 radical (unpaired) electrons. The van der Waals surface area contributed by atoms with Gasteiger partial charge < -0.3 is 4.90 Å². The lowest BCUT2D eigenvalue weighted by molar-refractivity contribution is 0.131. The van der Waals surface area contributed by atoms with Crippen LogP contribution in [0, 0.1) is 6.92 Å². The number of aromatic nitrogens is 1. The lowest BCUT2D eigenvalue weighted by atomic mass is 9.93. The summed E-state index contributed by atoms with van der Waals surface area (Å²) < 4.78 is 25.5. The van der Waals surface area contributed by atoms with E-state index in [1.807, 2.05) is 13.8 Å². The minimum Gasteiger partial charge on any atom is -0.319 e. The van der Waals surface area contributed by atoms with Gasteiger partial charge in [0.1, 0.15) is 0 Å². The molecule has 2 saturated carbocycles. The van der Waals surface area contributed by atoms with Crippen LogP contribution in [0.4, 0.5) is 9.93 Å². The highest BCUT2D eigenvalue weighted by Crippen LogP contribution is 2.31. The number of thiazole rings is 1. The zero-order chi connectivity index (χ0) is 22.3. The predicted molar refractivity (Wildman–Crippen MR) is 129 cm³/mol. The van der Waals surface area contributed by atoms with Crippen molar-refractivity contribution in [1.82, 2.24) is 9.88 Å². The molecule has 1 aromatic rings. The van der Waals surface area contributed by atoms with Gasteiger partial charge in [-0.25, -0.2) is 18.2 Å². The van der Waals surface area contributed by atoms with Crippen LogP contribution in [0.2, 0.25) is 0 Å². The Balaban J connectivity index is 1.78. The van der Waals surface area contributed by atoms with Crippen molar-refractivity contribution in [1.29, 1.82) is 0 Å². The van der Waals surface area contributed by atoms with Crippen molar-refractivity contribution in [2.45, 2.75) is 115 Å². The SMILES string of the molecule is CCCS(=O)(=O)C1CCCCC(N(C(=O)Nc2ncc(C)s2)C2CCCCCC2)CC1. The first kappa shape index (κ1) is 24.5. The third kappa shape index (κ3) is 6.91. The molecule has 0 spiro atoms. The molecule has 2 unspecified atom stereocenters. The van der Waals surface area contributed by atoms with Gasteiger partial charge in [-0.3, -0.25) is 5.32 Å². The number of aryl methyl sites for hydroxylation is 1. The Labute approximate surface area is 192 Å². The Morgan fingerprint density at radius 1 is 1.03 bits per heavy atom. The fraction of sp³-hybridized carbons (Fsp3) is 0.826. The molecule has 31 heavy (non-hydrogen) atoms. The van der Waals surface area contributed by atoms with Crippen LogP contribution in [0.25, 0.3) is 0 Å². The van der Waals surface area contributed by atoms with E-state index < -0.39 is 9.84 Å². The first-order valence-electron chi connectivity index (χ1n) is 12.1. The molecule has 176 valence electrons. The van der Waals surface area contributed by atoms with Crippen molar-refractivity contribution in [3.63, 3.8) is 0 Å². The first-order chi connectivity index (χ1) is 14.9. The molecule has 0 aromatic carbocycles. The molecule has 8 heteroatoms. The summed E-state index contributed by atoms with van der Waals surface area (Å²) in [5.41, 5.74) is 0. The average molecular weight is 470 g/mol. The smallest absolute Gasteiger partial charge is 0.319 e. The maximum absolute atomic E-state index is 13.5. The van der Waals surface area contributed by atoms with Gasteiger partial charge in [0.05, 0.1) is 11.0 Å². The van der Waals surface area contributed by atoms with E-state index in [4.69, 9.17) is 0 Å². The number of amides is 2. The molecule has 2 aliphatic carbocycles. The fourth-order valence-corrected chi connectivity index (χ4v) is 7.82. The van der Waals surface area contributed by atoms with E-state index in [9.17, 15) is 13.2 Å². The Morgan fingerprint density at radius 2 is 1.65 bits per heavy atom. The molecule has 0 bridgehead atoms. The van der Waals surface area contributed by atoms with Crippen LogP contribution >= 0.6 is 11.3 Å². The molecule has 0 saturated heterocycles. The molecular weight excluding hydrogens is 430 g/mol. The lowest BCUT2D eigenvalue weighted by Crippen LogP contribution is -2.50. The quantitative estimate of drug-likeness (QED) is 0.524. The summed E-state index contributed by atoms with van der Waals surface area (Å²) in [5.74, 6) is 0.276. The van der Waals surface area contributed by atoms with E-state index in [-0.39, 0.29) is 29.1 Å². The highest BCUT2D eigenvalue weighted by Gasteiger charge is 2.34. The highest BCUT2D eigenvalue weighted by molar-refractivity contribution is 7.92. The van der Waals surface area contributed by atoms with Gasteiger partial charge in [-0.15, -0.1) is 11.3 Å². The Hall–Kier alpha value is -1.15. The van der Waals surface area contributed by atoms with Crippen LogP contribution < -0.4 is 5.32 Å². The summed E-state index contributed by atoms with van der Waals surface area (Å²) in [6.45, 7) is 3.92. The number of anilines is 1. The van der Waals surface area contributed by atoms with Gasteiger partial charge in [0.25, 0.3) is 0 Å². The summed E-state index contributed by atoms with van der Waals surface area (Å²) in [6.07, 6.45) is 14.4. The van der Waals surface area contributed by atoms with Gasteiger partial charge in [-0.05, 0) is 51.9 Å². The van der Waals surface area contributed by atoms with E-state index in [0.29, 0.717) is 18.0 Å². The third-order valence-electron chi connectivity index (χ3n) is 6.81. The van der Waals surface area contributed by atoms with Crippen LogP contribution in [-0.2, 0) is 9.84 Å². The maximum Gasteiger partial charge on any atom is 0.324 e. The largest absolute Gasteiger partial charge is 0.324 e. The Bertz CT molecular complexity index is 801. The Kier molecular flexibility index (Phi) is 9.19. The summed E-state index contributed by atoms with van der Waals surface area (Å²) in [6, 6.07) is 0.280. The molecule has 1 N–H and O–H groups in total. The van der Waals surface area contributed by atoms with Crippen LogP contribution in [0.15, 0.2) is 6.20 Å². The van der Waals surface area contributed by atoms with Gasteiger partial charge in [0.2, 0.25) is 0 Å². The average Bonchev–Trinajstić information content (AvgIpc) is 2.93. The maximum atomic E-state index is 13.5. The van der Waals surface area contributed by atoms with E-state index in [0.717, 1.165) is 62.7 Å². The van der Waals surface area contributed by atoms with Gasteiger partial charge in [0.15, 0.2) is 15.0 Å². The fourth-order valence-electron chi connectivity index (χ4n) is 5.24. The number of hydrogen-bond acceptors (Lipinski definition) is 5. The molecule has 2 fully saturated rings. The summed E-state index contributed by atoms with van der Waals surface area (Å²) in [5, 5.41) is 3.45. The number of nitrogens with zero attached hydrogens (tertiary/aromatic N) is 2. The molecule has 2 aliphatic rings. The molecule has 0 aliphatic heterocycles. The molecule has 1 aromatic heterocycles. The number of carbonyl (C=O) groups excluding carboxylic acids is 1. The summed E-state index contributed by atoms with van der Waals surface area (Å²) >= 11 is 1.50. The van der Waals surface area contributed by atoms with Crippen molar-refractivity contribution < 1.29 is 13.2 Å². The van der Waals surface area contributed by atoms with Gasteiger partial charge in [-0.2, -0.15) is 0 Å². The molecule has 1 heterocycles. The molecule has 2 amide bonds. The van der Waals surface area contributed by atoms with Crippen LogP contribution in [-0.4, -0.2) is 47.4 Å². The second kappa shape index (κ2) is 11.6. The second-order valence-electron chi connectivity index (χ2n) is 9.26. The van der Waals surface area contributed by atoms with Crippen LogP contribution in [0.5, 0.6) is 0 Å². The standard InChI is InChI=1S/C23H39N3O3S2/c1-3-16-31(28,29)21-13-9-8-12-20(14-15-21)26(19-10-6-4-5-7-11-19)23(27)25-22-24-17-18(2)30-22/h17,19-21H,3-16H2,1-2H3,(H,24,25,27). The van der Waals surface area contributed by atoms with Gasteiger partial charge in [-0.1, -0.05) is 45.4 Å². The number of carbonyl (C=O) groups is 1. The molecular formula is C23H39N3O3S2. The second-order valence-corrected chi connectivity index (χ2v) is 12.9. The first-order valence-corrected chi connectivity index (χ1v) is 14.7. The number of rotatable bonds is 6. The topological polar surface area (TPSA) is 79.4 Å². The van der Waals surface area contributed by atoms with Crippen molar-refractivity contribution in [3.05, 3.63) is 11.1 Å². The van der Waals surface area contributed by atoms with E-state index >= 15 is 0 Å². The van der Waals surface area contributed by atoms with Crippen molar-refractivity contribution in [2.75, 3.05) is 11.1 Å². The van der Waals surface area contributed by atoms with Crippen LogP contribution in [0.1, 0.15) is 95.3 Å². The van der Waals surface area contributed by atoms with E-state index in [2.05, 4.69) is 15.2 Å². The van der Waals surface area contributed by atoms with Crippen LogP contribution in [0.3, 0.4) is 0 Å². The van der Waals surface area contributed by atoms with Gasteiger partial charge in [0, 0.05) is 23.2 Å². The molecule has 6 nitrogen and oxygen atoms in total. The van der Waals surface area contributed by atoms with Crippen molar-refractivity contribution >= 4 is 32.3 Å². The van der Waals surface area contributed by atoms with E-state index in [1.54, 1.807) is 6.20 Å². The van der Waals surface area contributed by atoms with E-state index in [1.165, 1.54) is 24.2 Å². The molecule has 2 atom stereocenters. The van der Waals surface area contributed by atoms with Crippen molar-refractivity contribution in [2.24, 2.45) is 0 Å². The van der Waals surface area contributed by atoms with Crippen molar-refractivity contribution in [3.8, 4) is 0 Å². The zero-order valence-electron chi connectivity index (χ0n) is 19.1. The minimum atomic E-state index is -3.05.